The van der Waals surface area contributed by atoms with Crippen molar-refractivity contribution in [3.8, 4) is 0 Å². The van der Waals surface area contributed by atoms with E-state index in [0.717, 1.165) is 31.5 Å². The first kappa shape index (κ1) is 18.8. The standard InChI is InChI=1S/C17H27Cl2NO/c1-5-17(6-2,20(7-3)8-4)15(21)12-13-10-9-11-14(18)16(13)19/h9-11,15,21H,5-8,12H2,1-4H3. The molecular formula is C17H27Cl2NO. The predicted octanol–water partition coefficient (Wildman–Crippen LogP) is 4.80. The Bertz CT molecular complexity index is 442. The van der Waals surface area contributed by atoms with Crippen LogP contribution in [-0.4, -0.2) is 34.7 Å². The maximum atomic E-state index is 10.9. The van der Waals surface area contributed by atoms with Gasteiger partial charge in [0.1, 0.15) is 0 Å². The van der Waals surface area contributed by atoms with Crippen LogP contribution in [0.4, 0.5) is 0 Å². The molecule has 0 heterocycles. The van der Waals surface area contributed by atoms with E-state index in [-0.39, 0.29) is 5.54 Å². The van der Waals surface area contributed by atoms with Crippen LogP contribution >= 0.6 is 23.2 Å². The summed E-state index contributed by atoms with van der Waals surface area (Å²) in [5.41, 5.74) is 0.699. The van der Waals surface area contributed by atoms with Crippen molar-refractivity contribution in [2.24, 2.45) is 0 Å². The quantitative estimate of drug-likeness (QED) is 0.739. The zero-order chi connectivity index (χ0) is 16.0. The zero-order valence-electron chi connectivity index (χ0n) is 13.5. The van der Waals surface area contributed by atoms with E-state index in [2.05, 4.69) is 32.6 Å². The summed E-state index contributed by atoms with van der Waals surface area (Å²) in [4.78, 5) is 2.36. The molecule has 0 spiro atoms. The van der Waals surface area contributed by atoms with E-state index in [1.165, 1.54) is 0 Å². The van der Waals surface area contributed by atoms with Gasteiger partial charge in [0, 0.05) is 12.0 Å². The molecular weight excluding hydrogens is 305 g/mol. The molecule has 0 aliphatic rings. The number of hydrogen-bond acceptors (Lipinski definition) is 2. The number of benzene rings is 1. The largest absolute Gasteiger partial charge is 0.391 e. The van der Waals surface area contributed by atoms with Gasteiger partial charge in [-0.2, -0.15) is 0 Å². The van der Waals surface area contributed by atoms with E-state index >= 15 is 0 Å². The van der Waals surface area contributed by atoms with Gasteiger partial charge in [0.2, 0.25) is 0 Å². The summed E-state index contributed by atoms with van der Waals surface area (Å²) in [7, 11) is 0. The van der Waals surface area contributed by atoms with Crippen LogP contribution < -0.4 is 0 Å². The number of likely N-dealkylation sites (N-methyl/N-ethyl adjacent to an activating group) is 1. The van der Waals surface area contributed by atoms with Crippen molar-refractivity contribution in [1.29, 1.82) is 0 Å². The molecule has 4 heteroatoms. The minimum absolute atomic E-state index is 0.213. The fraction of sp³-hybridized carbons (Fsp3) is 0.647. The fourth-order valence-electron chi connectivity index (χ4n) is 3.34. The van der Waals surface area contributed by atoms with Crippen molar-refractivity contribution in [2.75, 3.05) is 13.1 Å². The van der Waals surface area contributed by atoms with Gasteiger partial charge >= 0.3 is 0 Å². The van der Waals surface area contributed by atoms with Crippen LogP contribution in [0.3, 0.4) is 0 Å². The molecule has 0 aliphatic carbocycles. The Morgan fingerprint density at radius 1 is 1.10 bits per heavy atom. The van der Waals surface area contributed by atoms with E-state index in [1.807, 2.05) is 12.1 Å². The maximum absolute atomic E-state index is 10.9. The van der Waals surface area contributed by atoms with E-state index < -0.39 is 6.10 Å². The summed E-state index contributed by atoms with van der Waals surface area (Å²) >= 11 is 12.3. The molecule has 0 saturated heterocycles. The van der Waals surface area contributed by atoms with Gasteiger partial charge < -0.3 is 5.11 Å². The van der Waals surface area contributed by atoms with Crippen molar-refractivity contribution in [2.45, 2.75) is 58.6 Å². The first-order valence-electron chi connectivity index (χ1n) is 7.82. The second-order valence-electron chi connectivity index (χ2n) is 5.42. The average molecular weight is 332 g/mol. The third-order valence-electron chi connectivity index (χ3n) is 4.68. The second-order valence-corrected chi connectivity index (χ2v) is 6.20. The molecule has 1 aromatic rings. The highest BCUT2D eigenvalue weighted by Gasteiger charge is 2.39. The van der Waals surface area contributed by atoms with E-state index in [4.69, 9.17) is 23.2 Å². The van der Waals surface area contributed by atoms with E-state index in [0.29, 0.717) is 16.5 Å². The van der Waals surface area contributed by atoms with Crippen molar-refractivity contribution in [1.82, 2.24) is 4.90 Å². The number of halogens is 2. The van der Waals surface area contributed by atoms with Gasteiger partial charge in [-0.05, 0) is 37.6 Å². The zero-order valence-corrected chi connectivity index (χ0v) is 15.0. The normalized spacial score (nSPS) is 13.7. The smallest absolute Gasteiger partial charge is 0.0764 e. The highest BCUT2D eigenvalue weighted by Crippen LogP contribution is 2.33. The Hall–Kier alpha value is -0.280. The number of rotatable bonds is 8. The fourth-order valence-corrected chi connectivity index (χ4v) is 3.73. The highest BCUT2D eigenvalue weighted by molar-refractivity contribution is 6.42. The van der Waals surface area contributed by atoms with Crippen LogP contribution in [0.5, 0.6) is 0 Å². The molecule has 1 atom stereocenters. The molecule has 120 valence electrons. The summed E-state index contributed by atoms with van der Waals surface area (Å²) in [5.74, 6) is 0. The molecule has 2 nitrogen and oxygen atoms in total. The summed E-state index contributed by atoms with van der Waals surface area (Å²) in [5, 5.41) is 12.0. The summed E-state index contributed by atoms with van der Waals surface area (Å²) in [6.45, 7) is 10.4. The second kappa shape index (κ2) is 8.38. The van der Waals surface area contributed by atoms with Crippen LogP contribution in [0, 0.1) is 0 Å². The SMILES string of the molecule is CCN(CC)C(CC)(CC)C(O)Cc1cccc(Cl)c1Cl. The molecule has 0 saturated carbocycles. The molecule has 0 radical (unpaired) electrons. The molecule has 0 aliphatic heterocycles. The molecule has 0 aromatic heterocycles. The molecule has 1 aromatic carbocycles. The first-order valence-corrected chi connectivity index (χ1v) is 8.58. The lowest BCUT2D eigenvalue weighted by atomic mass is 9.81. The van der Waals surface area contributed by atoms with Crippen LogP contribution in [0.1, 0.15) is 46.1 Å². The molecule has 1 N–H and O–H groups in total. The van der Waals surface area contributed by atoms with Gasteiger partial charge in [-0.1, -0.05) is 63.0 Å². The highest BCUT2D eigenvalue weighted by atomic mass is 35.5. The predicted molar refractivity (Wildman–Crippen MR) is 92.4 cm³/mol. The molecule has 0 amide bonds. The Balaban J connectivity index is 3.06. The molecule has 21 heavy (non-hydrogen) atoms. The van der Waals surface area contributed by atoms with Crippen molar-refractivity contribution >= 4 is 23.2 Å². The number of aliphatic hydroxyl groups is 1. The van der Waals surface area contributed by atoms with Gasteiger partial charge in [-0.25, -0.2) is 0 Å². The Kier molecular flexibility index (Phi) is 7.49. The number of hydrogen-bond donors (Lipinski definition) is 1. The van der Waals surface area contributed by atoms with Gasteiger partial charge in [0.05, 0.1) is 16.1 Å². The first-order chi connectivity index (χ1) is 9.96. The minimum atomic E-state index is -0.469. The minimum Gasteiger partial charge on any atom is -0.391 e. The maximum Gasteiger partial charge on any atom is 0.0764 e. The monoisotopic (exact) mass is 331 g/mol. The molecule has 0 bridgehead atoms. The van der Waals surface area contributed by atoms with Crippen LogP contribution in [0.25, 0.3) is 0 Å². The van der Waals surface area contributed by atoms with Crippen LogP contribution in [-0.2, 0) is 6.42 Å². The average Bonchev–Trinajstić information content (AvgIpc) is 2.49. The van der Waals surface area contributed by atoms with Crippen LogP contribution in [0.2, 0.25) is 10.0 Å². The lowest BCUT2D eigenvalue weighted by Crippen LogP contribution is -2.56. The lowest BCUT2D eigenvalue weighted by molar-refractivity contribution is -0.0340. The van der Waals surface area contributed by atoms with Gasteiger partial charge in [-0.15, -0.1) is 0 Å². The summed E-state index contributed by atoms with van der Waals surface area (Å²) in [6, 6.07) is 5.60. The van der Waals surface area contributed by atoms with Crippen LogP contribution in [0.15, 0.2) is 18.2 Å². The molecule has 1 unspecified atom stereocenters. The van der Waals surface area contributed by atoms with Crippen molar-refractivity contribution in [3.05, 3.63) is 33.8 Å². The molecule has 0 fully saturated rings. The summed E-state index contributed by atoms with van der Waals surface area (Å²) in [6.07, 6.45) is 1.87. The van der Waals surface area contributed by atoms with Gasteiger partial charge in [0.25, 0.3) is 0 Å². The van der Waals surface area contributed by atoms with Crippen molar-refractivity contribution < 1.29 is 5.11 Å². The van der Waals surface area contributed by atoms with Crippen molar-refractivity contribution in [3.63, 3.8) is 0 Å². The number of aliphatic hydroxyl groups excluding tert-OH is 1. The third-order valence-corrected chi connectivity index (χ3v) is 5.54. The third kappa shape index (κ3) is 3.92. The number of nitrogens with zero attached hydrogens (tertiary/aromatic N) is 1. The van der Waals surface area contributed by atoms with E-state index in [1.54, 1.807) is 6.07 Å². The summed E-state index contributed by atoms with van der Waals surface area (Å²) < 4.78 is 0. The topological polar surface area (TPSA) is 23.5 Å². The Morgan fingerprint density at radius 3 is 2.14 bits per heavy atom. The van der Waals surface area contributed by atoms with E-state index in [9.17, 15) is 5.11 Å². The lowest BCUT2D eigenvalue weighted by Gasteiger charge is -2.46. The Morgan fingerprint density at radius 2 is 1.67 bits per heavy atom. The van der Waals surface area contributed by atoms with Gasteiger partial charge in [0.15, 0.2) is 0 Å². The Labute approximate surface area is 139 Å². The van der Waals surface area contributed by atoms with Gasteiger partial charge in [-0.3, -0.25) is 4.90 Å². The molecule has 1 rings (SSSR count).